The molecule has 4 heterocycles. The van der Waals surface area contributed by atoms with Crippen LogP contribution in [0.3, 0.4) is 0 Å². The molecule has 0 saturated heterocycles. The van der Waals surface area contributed by atoms with Crippen LogP contribution >= 0.6 is 0 Å². The van der Waals surface area contributed by atoms with Crippen LogP contribution in [-0.4, -0.2) is 26.7 Å². The Morgan fingerprint density at radius 3 is 2.84 bits per heavy atom. The van der Waals surface area contributed by atoms with Gasteiger partial charge in [0, 0.05) is 16.5 Å². The molecule has 2 aliphatic heterocycles. The molecule has 3 aromatic rings. The topological polar surface area (TPSA) is 90.7 Å². The van der Waals surface area contributed by atoms with Gasteiger partial charge in [-0.15, -0.1) is 0 Å². The molecular formula is C24H24N2O5. The Morgan fingerprint density at radius 1 is 1.29 bits per heavy atom. The van der Waals surface area contributed by atoms with Crippen molar-refractivity contribution >= 4 is 16.9 Å². The zero-order valence-electron chi connectivity index (χ0n) is 17.8. The van der Waals surface area contributed by atoms with E-state index in [9.17, 15) is 14.7 Å². The van der Waals surface area contributed by atoms with Gasteiger partial charge in [-0.3, -0.25) is 4.79 Å². The Morgan fingerprint density at radius 2 is 2.10 bits per heavy atom. The monoisotopic (exact) mass is 420 g/mol. The first kappa shape index (κ1) is 19.8. The molecule has 7 nitrogen and oxygen atoms in total. The summed E-state index contributed by atoms with van der Waals surface area (Å²) in [5.74, 6) is 0.0486. The normalized spacial score (nSPS) is 20.1. The highest BCUT2D eigenvalue weighted by atomic mass is 16.6. The summed E-state index contributed by atoms with van der Waals surface area (Å²) < 4.78 is 12.8. The third-order valence-electron chi connectivity index (χ3n) is 6.42. The smallest absolute Gasteiger partial charge is 0.343 e. The van der Waals surface area contributed by atoms with Gasteiger partial charge in [0.15, 0.2) is 5.60 Å². The maximum absolute atomic E-state index is 13.2. The average molecular weight is 420 g/mol. The van der Waals surface area contributed by atoms with E-state index in [0.29, 0.717) is 29.1 Å². The molecule has 7 heteroatoms. The standard InChI is InChI=1S/C24H24N2O5/c1-4-13(3)31-20-8-6-7-18-15(20)9-14-11-26-19(21(14)25-18)10-17-16(22(26)27)12-30-23(28)24(17,29)5-2/h6-10,13,29H,4-5,11-12H2,1-3H3/t13?,24-/m0/s1. The van der Waals surface area contributed by atoms with E-state index in [1.807, 2.05) is 31.2 Å². The van der Waals surface area contributed by atoms with Crippen molar-refractivity contribution in [2.75, 3.05) is 0 Å². The lowest BCUT2D eigenvalue weighted by Crippen LogP contribution is -2.44. The third kappa shape index (κ3) is 2.80. The number of benzene rings is 1. The number of esters is 1. The summed E-state index contributed by atoms with van der Waals surface area (Å²) >= 11 is 0. The predicted molar refractivity (Wildman–Crippen MR) is 115 cm³/mol. The van der Waals surface area contributed by atoms with Gasteiger partial charge in [0.1, 0.15) is 12.4 Å². The minimum atomic E-state index is -1.82. The molecule has 2 atom stereocenters. The molecule has 0 spiro atoms. The van der Waals surface area contributed by atoms with Crippen LogP contribution in [0.5, 0.6) is 5.75 Å². The van der Waals surface area contributed by atoms with Crippen molar-refractivity contribution in [3.05, 3.63) is 57.4 Å². The number of hydrogen-bond donors (Lipinski definition) is 1. The van der Waals surface area contributed by atoms with Crippen molar-refractivity contribution in [1.29, 1.82) is 0 Å². The minimum absolute atomic E-state index is 0.0784. The Kier molecular flexibility index (Phi) is 4.41. The molecule has 1 N–H and O–H groups in total. The summed E-state index contributed by atoms with van der Waals surface area (Å²) in [5, 5.41) is 11.9. The largest absolute Gasteiger partial charge is 0.490 e. The number of carbonyl (C=O) groups excluding carboxylic acids is 1. The van der Waals surface area contributed by atoms with Crippen LogP contribution < -0.4 is 10.3 Å². The van der Waals surface area contributed by atoms with Crippen molar-refractivity contribution in [3.63, 3.8) is 0 Å². The lowest BCUT2D eigenvalue weighted by molar-refractivity contribution is -0.172. The zero-order valence-corrected chi connectivity index (χ0v) is 17.8. The van der Waals surface area contributed by atoms with Crippen LogP contribution in [-0.2, 0) is 28.3 Å². The van der Waals surface area contributed by atoms with E-state index in [1.165, 1.54) is 0 Å². The highest BCUT2D eigenvalue weighted by Gasteiger charge is 2.45. The van der Waals surface area contributed by atoms with Crippen LogP contribution in [0, 0.1) is 0 Å². The van der Waals surface area contributed by atoms with Crippen molar-refractivity contribution < 1.29 is 19.4 Å². The number of fused-ring (bicyclic) bond motifs is 5. The van der Waals surface area contributed by atoms with Gasteiger partial charge in [0.05, 0.1) is 35.1 Å². The second-order valence-electron chi connectivity index (χ2n) is 8.26. The van der Waals surface area contributed by atoms with E-state index in [-0.39, 0.29) is 24.7 Å². The molecule has 2 aromatic heterocycles. The number of hydrogen-bond acceptors (Lipinski definition) is 6. The number of cyclic esters (lactones) is 1. The highest BCUT2D eigenvalue weighted by molar-refractivity contribution is 5.89. The van der Waals surface area contributed by atoms with Gasteiger partial charge in [-0.1, -0.05) is 19.9 Å². The number of aliphatic hydroxyl groups is 1. The molecule has 2 aliphatic rings. The van der Waals surface area contributed by atoms with Crippen molar-refractivity contribution in [2.45, 2.75) is 58.5 Å². The Hall–Kier alpha value is -3.19. The van der Waals surface area contributed by atoms with Gasteiger partial charge >= 0.3 is 5.97 Å². The SMILES string of the molecule is CCC(C)Oc1cccc2nc3c(cc12)Cn1c-3cc2c(c1=O)COC(=O)[C@]2(O)CC. The van der Waals surface area contributed by atoms with Crippen molar-refractivity contribution in [1.82, 2.24) is 9.55 Å². The van der Waals surface area contributed by atoms with Gasteiger partial charge in [-0.2, -0.15) is 0 Å². The number of nitrogens with zero attached hydrogens (tertiary/aromatic N) is 2. The molecule has 0 saturated carbocycles. The van der Waals surface area contributed by atoms with Crippen LogP contribution in [0.4, 0.5) is 0 Å². The molecule has 5 rings (SSSR count). The highest BCUT2D eigenvalue weighted by Crippen LogP contribution is 2.39. The molecule has 0 amide bonds. The fraction of sp³-hybridized carbons (Fsp3) is 0.375. The Balaban J connectivity index is 1.70. The van der Waals surface area contributed by atoms with E-state index in [0.717, 1.165) is 28.6 Å². The van der Waals surface area contributed by atoms with Crippen LogP contribution in [0.15, 0.2) is 35.1 Å². The van der Waals surface area contributed by atoms with E-state index in [2.05, 4.69) is 6.92 Å². The summed E-state index contributed by atoms with van der Waals surface area (Å²) in [4.78, 5) is 30.4. The lowest BCUT2D eigenvalue weighted by Gasteiger charge is -2.31. The van der Waals surface area contributed by atoms with E-state index in [4.69, 9.17) is 14.5 Å². The Labute approximate surface area is 179 Å². The zero-order chi connectivity index (χ0) is 21.9. The molecular weight excluding hydrogens is 396 g/mol. The van der Waals surface area contributed by atoms with Gasteiger partial charge in [-0.05, 0) is 44.0 Å². The van der Waals surface area contributed by atoms with Gasteiger partial charge in [0.2, 0.25) is 0 Å². The second kappa shape index (κ2) is 6.92. The number of aromatic nitrogens is 2. The van der Waals surface area contributed by atoms with Gasteiger partial charge < -0.3 is 19.1 Å². The molecule has 1 unspecified atom stereocenters. The summed E-state index contributed by atoms with van der Waals surface area (Å²) in [6.07, 6.45) is 1.09. The average Bonchev–Trinajstić information content (AvgIpc) is 3.13. The van der Waals surface area contributed by atoms with Crippen LogP contribution in [0.1, 0.15) is 50.3 Å². The maximum Gasteiger partial charge on any atom is 0.343 e. The fourth-order valence-electron chi connectivity index (χ4n) is 4.38. The van der Waals surface area contributed by atoms with E-state index >= 15 is 0 Å². The molecule has 31 heavy (non-hydrogen) atoms. The van der Waals surface area contributed by atoms with Crippen molar-refractivity contribution in [3.8, 4) is 17.1 Å². The number of ether oxygens (including phenoxy) is 2. The molecule has 0 radical (unpaired) electrons. The number of carbonyl (C=O) groups is 1. The van der Waals surface area contributed by atoms with E-state index in [1.54, 1.807) is 17.6 Å². The minimum Gasteiger partial charge on any atom is -0.490 e. The first-order valence-corrected chi connectivity index (χ1v) is 10.6. The quantitative estimate of drug-likeness (QED) is 0.510. The summed E-state index contributed by atoms with van der Waals surface area (Å²) in [7, 11) is 0. The number of rotatable bonds is 4. The maximum atomic E-state index is 13.2. The van der Waals surface area contributed by atoms with Crippen LogP contribution in [0.25, 0.3) is 22.3 Å². The molecule has 0 aliphatic carbocycles. The fourth-order valence-corrected chi connectivity index (χ4v) is 4.38. The van der Waals surface area contributed by atoms with Gasteiger partial charge in [-0.25, -0.2) is 9.78 Å². The molecule has 0 bridgehead atoms. The lowest BCUT2D eigenvalue weighted by atomic mass is 9.86. The van der Waals surface area contributed by atoms with Crippen molar-refractivity contribution in [2.24, 2.45) is 0 Å². The van der Waals surface area contributed by atoms with Gasteiger partial charge in [0.25, 0.3) is 5.56 Å². The third-order valence-corrected chi connectivity index (χ3v) is 6.42. The predicted octanol–water partition coefficient (Wildman–Crippen LogP) is 3.26. The first-order valence-electron chi connectivity index (χ1n) is 10.6. The molecule has 1 aromatic carbocycles. The Bertz CT molecular complexity index is 1300. The number of pyridine rings is 2. The molecule has 0 fully saturated rings. The summed E-state index contributed by atoms with van der Waals surface area (Å²) in [6, 6.07) is 9.50. The van der Waals surface area contributed by atoms with E-state index < -0.39 is 11.6 Å². The van der Waals surface area contributed by atoms with Crippen LogP contribution in [0.2, 0.25) is 0 Å². The first-order chi connectivity index (χ1) is 14.9. The second-order valence-corrected chi connectivity index (χ2v) is 8.26. The summed E-state index contributed by atoms with van der Waals surface area (Å²) in [5.41, 5.74) is 1.53. The summed E-state index contributed by atoms with van der Waals surface area (Å²) in [6.45, 7) is 6.03. The molecule has 160 valence electrons.